The molecule has 0 aliphatic rings. The number of H-pyrrole nitrogens is 1. The monoisotopic (exact) mass is 431 g/mol. The molecule has 0 saturated carbocycles. The standard InChI is InChI=1S/C23H25N7O2/c1-3-13-29(22-20(23(31)32)15-30(4-2)26-22)14-16-9-11-17(12-10-16)18-7-5-6-8-19(18)21-24-27-28-25-21/h5-12,15H,3-4,13-14H2,1-2H3,(H,31,32)(H,24,25,27,28). The average Bonchev–Trinajstić information content (AvgIpc) is 3.50. The average molecular weight is 432 g/mol. The molecule has 2 N–H and O–H groups in total. The number of aromatic nitrogens is 6. The first-order valence-corrected chi connectivity index (χ1v) is 10.6. The van der Waals surface area contributed by atoms with Crippen LogP contribution in [0.2, 0.25) is 0 Å². The SMILES string of the molecule is CCCN(Cc1ccc(-c2ccccc2-c2nn[nH]n2)cc1)c1nn(CC)cc1C(=O)O. The lowest BCUT2D eigenvalue weighted by Crippen LogP contribution is -2.25. The van der Waals surface area contributed by atoms with Gasteiger partial charge in [-0.05, 0) is 35.2 Å². The molecular formula is C23H25N7O2. The van der Waals surface area contributed by atoms with Crippen LogP contribution in [0, 0.1) is 0 Å². The summed E-state index contributed by atoms with van der Waals surface area (Å²) in [5.74, 6) is 0.0912. The Kier molecular flexibility index (Phi) is 6.25. The summed E-state index contributed by atoms with van der Waals surface area (Å²) < 4.78 is 1.67. The molecule has 9 nitrogen and oxygen atoms in total. The molecule has 0 atom stereocenters. The highest BCUT2D eigenvalue weighted by Crippen LogP contribution is 2.30. The van der Waals surface area contributed by atoms with Crippen LogP contribution in [0.5, 0.6) is 0 Å². The molecule has 0 amide bonds. The minimum Gasteiger partial charge on any atom is -0.477 e. The second kappa shape index (κ2) is 9.42. The molecule has 0 aliphatic carbocycles. The van der Waals surface area contributed by atoms with Crippen molar-refractivity contribution in [1.29, 1.82) is 0 Å². The summed E-state index contributed by atoms with van der Waals surface area (Å²) in [6, 6.07) is 16.1. The van der Waals surface area contributed by atoms with E-state index in [2.05, 4.69) is 56.9 Å². The maximum Gasteiger partial charge on any atom is 0.341 e. The molecular weight excluding hydrogens is 406 g/mol. The predicted octanol–water partition coefficient (Wildman–Crippen LogP) is 3.86. The van der Waals surface area contributed by atoms with E-state index >= 15 is 0 Å². The molecule has 164 valence electrons. The van der Waals surface area contributed by atoms with Gasteiger partial charge >= 0.3 is 5.97 Å². The third kappa shape index (κ3) is 4.36. The van der Waals surface area contributed by atoms with E-state index in [-0.39, 0.29) is 5.56 Å². The fraction of sp³-hybridized carbons (Fsp3) is 0.261. The predicted molar refractivity (Wildman–Crippen MR) is 121 cm³/mol. The Hall–Kier alpha value is -4.01. The zero-order chi connectivity index (χ0) is 22.5. The quantitative estimate of drug-likeness (QED) is 0.414. The van der Waals surface area contributed by atoms with Crippen molar-refractivity contribution >= 4 is 11.8 Å². The lowest BCUT2D eigenvalue weighted by Gasteiger charge is -2.23. The zero-order valence-corrected chi connectivity index (χ0v) is 18.1. The van der Waals surface area contributed by atoms with E-state index in [4.69, 9.17) is 0 Å². The number of carboxylic acid groups (broad SMARTS) is 1. The fourth-order valence-electron chi connectivity index (χ4n) is 3.70. The van der Waals surface area contributed by atoms with Gasteiger partial charge in [0.1, 0.15) is 5.56 Å². The highest BCUT2D eigenvalue weighted by atomic mass is 16.4. The Bertz CT molecular complexity index is 1180. The van der Waals surface area contributed by atoms with Crippen LogP contribution in [0.4, 0.5) is 5.82 Å². The molecule has 0 fully saturated rings. The molecule has 4 rings (SSSR count). The first kappa shape index (κ1) is 21.2. The van der Waals surface area contributed by atoms with Crippen molar-refractivity contribution in [2.45, 2.75) is 33.4 Å². The third-order valence-electron chi connectivity index (χ3n) is 5.24. The Morgan fingerprint density at radius 2 is 1.84 bits per heavy atom. The normalized spacial score (nSPS) is 10.9. The smallest absolute Gasteiger partial charge is 0.341 e. The van der Waals surface area contributed by atoms with Crippen LogP contribution >= 0.6 is 0 Å². The van der Waals surface area contributed by atoms with Gasteiger partial charge in [-0.15, -0.1) is 10.2 Å². The number of anilines is 1. The number of tetrazole rings is 1. The molecule has 0 spiro atoms. The number of carbonyl (C=O) groups is 1. The van der Waals surface area contributed by atoms with Gasteiger partial charge in [0.2, 0.25) is 5.82 Å². The summed E-state index contributed by atoms with van der Waals surface area (Å²) in [7, 11) is 0. The topological polar surface area (TPSA) is 113 Å². The molecule has 4 aromatic rings. The van der Waals surface area contributed by atoms with E-state index in [1.165, 1.54) is 0 Å². The Balaban J connectivity index is 1.61. The summed E-state index contributed by atoms with van der Waals surface area (Å²) in [5, 5.41) is 28.5. The van der Waals surface area contributed by atoms with Gasteiger partial charge in [-0.2, -0.15) is 10.3 Å². The van der Waals surface area contributed by atoms with Crippen molar-refractivity contribution in [3.63, 3.8) is 0 Å². The van der Waals surface area contributed by atoms with E-state index in [1.807, 2.05) is 36.1 Å². The molecule has 2 aromatic carbocycles. The van der Waals surface area contributed by atoms with Crippen molar-refractivity contribution in [2.75, 3.05) is 11.4 Å². The van der Waals surface area contributed by atoms with Crippen molar-refractivity contribution in [3.05, 3.63) is 65.9 Å². The molecule has 0 radical (unpaired) electrons. The van der Waals surface area contributed by atoms with Crippen LogP contribution in [0.15, 0.2) is 54.7 Å². The molecule has 0 saturated heterocycles. The number of nitrogens with one attached hydrogen (secondary N) is 1. The summed E-state index contributed by atoms with van der Waals surface area (Å²) in [4.78, 5) is 13.8. The van der Waals surface area contributed by atoms with E-state index in [0.717, 1.165) is 28.7 Å². The van der Waals surface area contributed by atoms with Gasteiger partial charge in [0.05, 0.1) is 0 Å². The molecule has 0 aliphatic heterocycles. The van der Waals surface area contributed by atoms with E-state index in [9.17, 15) is 9.90 Å². The van der Waals surface area contributed by atoms with Gasteiger partial charge in [0, 0.05) is 31.4 Å². The molecule has 0 bridgehead atoms. The highest BCUT2D eigenvalue weighted by molar-refractivity contribution is 5.93. The zero-order valence-electron chi connectivity index (χ0n) is 18.1. The number of hydrogen-bond acceptors (Lipinski definition) is 6. The van der Waals surface area contributed by atoms with Crippen molar-refractivity contribution in [1.82, 2.24) is 30.4 Å². The van der Waals surface area contributed by atoms with Crippen molar-refractivity contribution in [3.8, 4) is 22.5 Å². The van der Waals surface area contributed by atoms with Gasteiger partial charge in [-0.25, -0.2) is 4.79 Å². The fourth-order valence-corrected chi connectivity index (χ4v) is 3.70. The van der Waals surface area contributed by atoms with E-state index < -0.39 is 5.97 Å². The second-order valence-electron chi connectivity index (χ2n) is 7.43. The summed E-state index contributed by atoms with van der Waals surface area (Å²) in [6.45, 7) is 5.92. The van der Waals surface area contributed by atoms with Crippen LogP contribution in [0.25, 0.3) is 22.5 Å². The molecule has 2 aromatic heterocycles. The lowest BCUT2D eigenvalue weighted by molar-refractivity contribution is 0.0697. The number of hydrogen-bond donors (Lipinski definition) is 2. The maximum absolute atomic E-state index is 11.7. The van der Waals surface area contributed by atoms with Crippen LogP contribution < -0.4 is 4.90 Å². The number of benzene rings is 2. The number of nitrogens with zero attached hydrogens (tertiary/aromatic N) is 6. The lowest BCUT2D eigenvalue weighted by atomic mass is 9.98. The number of aromatic amines is 1. The number of rotatable bonds is 9. The molecule has 32 heavy (non-hydrogen) atoms. The number of aromatic carboxylic acids is 1. The molecule has 0 unspecified atom stereocenters. The van der Waals surface area contributed by atoms with Gasteiger partial charge in [0.15, 0.2) is 5.82 Å². The van der Waals surface area contributed by atoms with Gasteiger partial charge < -0.3 is 10.0 Å². The van der Waals surface area contributed by atoms with E-state index in [0.29, 0.717) is 31.3 Å². The summed E-state index contributed by atoms with van der Waals surface area (Å²) in [5.41, 5.74) is 4.25. The van der Waals surface area contributed by atoms with Crippen LogP contribution in [0.3, 0.4) is 0 Å². The van der Waals surface area contributed by atoms with Crippen LogP contribution in [-0.4, -0.2) is 48.0 Å². The van der Waals surface area contributed by atoms with Crippen LogP contribution in [-0.2, 0) is 13.1 Å². The first-order chi connectivity index (χ1) is 15.6. The highest BCUT2D eigenvalue weighted by Gasteiger charge is 2.21. The third-order valence-corrected chi connectivity index (χ3v) is 5.24. The Labute approximate surface area is 185 Å². The van der Waals surface area contributed by atoms with Gasteiger partial charge in [-0.1, -0.05) is 55.5 Å². The van der Waals surface area contributed by atoms with E-state index in [1.54, 1.807) is 10.9 Å². The van der Waals surface area contributed by atoms with Gasteiger partial charge in [0.25, 0.3) is 0 Å². The van der Waals surface area contributed by atoms with Crippen LogP contribution in [0.1, 0.15) is 36.2 Å². The minimum atomic E-state index is -0.964. The number of carboxylic acids is 1. The van der Waals surface area contributed by atoms with Crippen molar-refractivity contribution < 1.29 is 9.90 Å². The molecule has 2 heterocycles. The van der Waals surface area contributed by atoms with Crippen molar-refractivity contribution in [2.24, 2.45) is 0 Å². The summed E-state index contributed by atoms with van der Waals surface area (Å²) in [6.07, 6.45) is 2.48. The Morgan fingerprint density at radius 3 is 2.47 bits per heavy atom. The minimum absolute atomic E-state index is 0.228. The first-order valence-electron chi connectivity index (χ1n) is 10.6. The molecule has 9 heteroatoms. The largest absolute Gasteiger partial charge is 0.477 e. The number of aryl methyl sites for hydroxylation is 1. The Morgan fingerprint density at radius 1 is 1.09 bits per heavy atom. The summed E-state index contributed by atoms with van der Waals surface area (Å²) >= 11 is 0. The second-order valence-corrected chi connectivity index (χ2v) is 7.43. The van der Waals surface area contributed by atoms with Gasteiger partial charge in [-0.3, -0.25) is 4.68 Å². The maximum atomic E-state index is 11.7.